The molecule has 1 unspecified atom stereocenters. The minimum absolute atomic E-state index is 0.100. The Kier molecular flexibility index (Phi) is 7.79. The number of benzene rings is 3. The van der Waals surface area contributed by atoms with Crippen molar-refractivity contribution in [2.24, 2.45) is 4.99 Å². The van der Waals surface area contributed by atoms with E-state index in [0.717, 1.165) is 16.9 Å². The van der Waals surface area contributed by atoms with Gasteiger partial charge in [-0.15, -0.1) is 0 Å². The molecule has 41 heavy (non-hydrogen) atoms. The Labute approximate surface area is 253 Å². The Morgan fingerprint density at radius 1 is 0.902 bits per heavy atom. The summed E-state index contributed by atoms with van der Waals surface area (Å²) in [5.74, 6) is 0.300. The first-order chi connectivity index (χ1) is 19.4. The predicted molar refractivity (Wildman–Crippen MR) is 166 cm³/mol. The van der Waals surface area contributed by atoms with Gasteiger partial charge in [0.25, 0.3) is 8.32 Å². The lowest BCUT2D eigenvalue weighted by molar-refractivity contribution is -0.146. The minimum atomic E-state index is -2.40. The average Bonchev–Trinajstić information content (AvgIpc) is 3.61. The van der Waals surface area contributed by atoms with Crippen LogP contribution in [-0.4, -0.2) is 44.8 Å². The smallest absolute Gasteiger partial charge is 0.329 e. The van der Waals surface area contributed by atoms with Crippen molar-refractivity contribution in [2.45, 2.75) is 62.6 Å². The molecular weight excluding hydrogens is 575 g/mol. The maximum atomic E-state index is 14.2. The van der Waals surface area contributed by atoms with Gasteiger partial charge >= 0.3 is 5.97 Å². The number of halogens is 2. The maximum Gasteiger partial charge on any atom is 0.329 e. The van der Waals surface area contributed by atoms with Gasteiger partial charge < -0.3 is 13.9 Å². The van der Waals surface area contributed by atoms with Crippen LogP contribution in [0.25, 0.3) is 0 Å². The largest absolute Gasteiger partial charge is 0.533 e. The molecule has 0 radical (unpaired) electrons. The lowest BCUT2D eigenvalue weighted by Gasteiger charge is -2.41. The number of aliphatic imine (C=N–C) groups is 1. The third-order valence-corrected chi connectivity index (χ3v) is 13.7. The fourth-order valence-electron chi connectivity index (χ4n) is 5.61. The van der Waals surface area contributed by atoms with Crippen LogP contribution in [0.2, 0.25) is 28.2 Å². The van der Waals surface area contributed by atoms with Crippen molar-refractivity contribution >= 4 is 43.4 Å². The monoisotopic (exact) mass is 610 g/mol. The topological polar surface area (TPSA) is 60.1 Å². The van der Waals surface area contributed by atoms with E-state index in [2.05, 4.69) is 38.8 Å². The third kappa shape index (κ3) is 4.87. The van der Waals surface area contributed by atoms with Gasteiger partial charge in [0.15, 0.2) is 11.4 Å². The second-order valence-electron chi connectivity index (χ2n) is 12.1. The first kappa shape index (κ1) is 29.6. The van der Waals surface area contributed by atoms with Crippen molar-refractivity contribution in [3.05, 3.63) is 99.5 Å². The summed E-state index contributed by atoms with van der Waals surface area (Å²) < 4.78 is 18.0. The van der Waals surface area contributed by atoms with Crippen molar-refractivity contribution in [1.82, 2.24) is 4.90 Å². The molecule has 0 spiro atoms. The van der Waals surface area contributed by atoms with Crippen LogP contribution in [0.3, 0.4) is 0 Å². The zero-order valence-corrected chi connectivity index (χ0v) is 27.0. The molecule has 2 heterocycles. The zero-order chi connectivity index (χ0) is 29.7. The van der Waals surface area contributed by atoms with Gasteiger partial charge in [-0.1, -0.05) is 92.5 Å². The number of methoxy groups -OCH3 is 2. The number of carbonyl (C=O) groups excluding carboxylic acids is 1. The molecule has 6 nitrogen and oxygen atoms in total. The second-order valence-corrected chi connectivity index (χ2v) is 17.6. The molecule has 0 saturated carbocycles. The summed E-state index contributed by atoms with van der Waals surface area (Å²) in [6, 6.07) is 22.5. The highest BCUT2D eigenvalue weighted by Crippen LogP contribution is 2.69. The summed E-state index contributed by atoms with van der Waals surface area (Å²) in [4.78, 5) is 21.6. The molecule has 216 valence electrons. The first-order valence-corrected chi connectivity index (χ1v) is 17.3. The van der Waals surface area contributed by atoms with E-state index in [4.69, 9.17) is 42.1 Å². The zero-order valence-electron chi connectivity index (χ0n) is 24.4. The average molecular weight is 612 g/mol. The molecule has 0 aliphatic carbocycles. The van der Waals surface area contributed by atoms with Crippen LogP contribution in [0.5, 0.6) is 5.75 Å². The van der Waals surface area contributed by atoms with Gasteiger partial charge in [0.2, 0.25) is 0 Å². The van der Waals surface area contributed by atoms with Gasteiger partial charge in [0.05, 0.1) is 26.2 Å². The molecule has 5 rings (SSSR count). The van der Waals surface area contributed by atoms with Crippen molar-refractivity contribution in [2.75, 3.05) is 14.2 Å². The van der Waals surface area contributed by atoms with E-state index in [1.807, 2.05) is 54.6 Å². The summed E-state index contributed by atoms with van der Waals surface area (Å²) in [5.41, 5.74) is 1.26. The van der Waals surface area contributed by atoms with Gasteiger partial charge in [-0.3, -0.25) is 0 Å². The maximum absolute atomic E-state index is 14.2. The van der Waals surface area contributed by atoms with Crippen LogP contribution in [0.15, 0.2) is 77.8 Å². The van der Waals surface area contributed by atoms with Crippen molar-refractivity contribution in [1.29, 1.82) is 0 Å². The minimum Gasteiger partial charge on any atom is -0.533 e. The lowest BCUT2D eigenvalue weighted by Crippen LogP contribution is -2.50. The van der Waals surface area contributed by atoms with Crippen LogP contribution < -0.4 is 4.74 Å². The third-order valence-electron chi connectivity index (χ3n) is 8.75. The number of carbonyl (C=O) groups is 1. The van der Waals surface area contributed by atoms with Crippen LogP contribution >= 0.6 is 23.2 Å². The van der Waals surface area contributed by atoms with Crippen LogP contribution in [-0.2, 0) is 14.0 Å². The molecule has 0 bridgehead atoms. The molecule has 0 N–H and O–H groups in total. The van der Waals surface area contributed by atoms with Crippen LogP contribution in [0.4, 0.5) is 0 Å². The number of fused-ring (bicyclic) bond motifs is 1. The number of rotatable bonds is 6. The van der Waals surface area contributed by atoms with E-state index in [0.29, 0.717) is 21.5 Å². The fourth-order valence-corrected chi connectivity index (χ4v) is 7.21. The SMILES string of the molecule is COC(=O)[C@]12[C@@H](c3ccccc3)C(O[Si](C)(C)C(C)(C)C)=N[C@@H](c3ccc(OC)cc3)N1[C@@H]2c1c(Cl)cccc1Cl. The van der Waals surface area contributed by atoms with E-state index in [1.54, 1.807) is 25.3 Å². The number of nitrogens with zero attached hydrogens (tertiary/aromatic N) is 2. The molecule has 5 atom stereocenters. The van der Waals surface area contributed by atoms with Gasteiger partial charge in [-0.05, 0) is 53.5 Å². The van der Waals surface area contributed by atoms with Crippen LogP contribution in [0, 0.1) is 0 Å². The molecule has 1 saturated heterocycles. The van der Waals surface area contributed by atoms with Crippen LogP contribution in [0.1, 0.15) is 55.6 Å². The number of hydrogen-bond donors (Lipinski definition) is 0. The highest BCUT2D eigenvalue weighted by molar-refractivity contribution is 6.75. The standard InChI is InChI=1S/C32H36Cl2N2O4Si/c1-31(2,3)41(6,7)40-29-26(20-12-9-8-10-13-20)32(30(37)39-5)27(25-23(33)14-11-15-24(25)34)36(32)28(35-29)21-16-18-22(38-4)19-17-21/h8-19,26-28H,1-7H3/t26-,27+,28+,32+,36?/m0/s1. The molecule has 2 aliphatic heterocycles. The lowest BCUT2D eigenvalue weighted by atomic mass is 9.80. The highest BCUT2D eigenvalue weighted by Gasteiger charge is 2.79. The first-order valence-electron chi connectivity index (χ1n) is 13.6. The quantitative estimate of drug-likeness (QED) is 0.160. The number of ether oxygens (including phenoxy) is 2. The summed E-state index contributed by atoms with van der Waals surface area (Å²) in [7, 11) is 0.653. The Hall–Kier alpha value is -2.84. The summed E-state index contributed by atoms with van der Waals surface area (Å²) in [5, 5.41) is 0.858. The molecule has 1 fully saturated rings. The number of hydrogen-bond acceptors (Lipinski definition) is 6. The molecule has 9 heteroatoms. The van der Waals surface area contributed by atoms with Crippen molar-refractivity contribution < 1.29 is 18.7 Å². The summed E-state index contributed by atoms with van der Waals surface area (Å²) in [6.07, 6.45) is -0.558. The van der Waals surface area contributed by atoms with Gasteiger partial charge in [0.1, 0.15) is 11.9 Å². The fraction of sp³-hybridized carbons (Fsp3) is 0.375. The normalized spacial score (nSPS) is 25.5. The number of esters is 1. The molecule has 3 aromatic rings. The highest BCUT2D eigenvalue weighted by atomic mass is 35.5. The Morgan fingerprint density at radius 3 is 2.05 bits per heavy atom. The molecule has 2 aliphatic rings. The Bertz CT molecular complexity index is 1450. The van der Waals surface area contributed by atoms with E-state index < -0.39 is 38.0 Å². The predicted octanol–water partition coefficient (Wildman–Crippen LogP) is 8.19. The summed E-state index contributed by atoms with van der Waals surface area (Å²) in [6.45, 7) is 10.9. The molecule has 3 aromatic carbocycles. The van der Waals surface area contributed by atoms with Gasteiger partial charge in [-0.2, -0.15) is 0 Å². The van der Waals surface area contributed by atoms with Gasteiger partial charge in [0, 0.05) is 15.6 Å². The summed E-state index contributed by atoms with van der Waals surface area (Å²) >= 11 is 13.7. The van der Waals surface area contributed by atoms with E-state index >= 15 is 0 Å². The molecular formula is C32H36Cl2N2O4Si. The van der Waals surface area contributed by atoms with Crippen molar-refractivity contribution in [3.63, 3.8) is 0 Å². The second kappa shape index (κ2) is 10.8. The van der Waals surface area contributed by atoms with E-state index in [-0.39, 0.29) is 5.04 Å². The van der Waals surface area contributed by atoms with E-state index in [9.17, 15) is 4.79 Å². The molecule has 0 aromatic heterocycles. The Balaban J connectivity index is 1.81. The van der Waals surface area contributed by atoms with Crippen molar-refractivity contribution in [3.8, 4) is 5.75 Å². The Morgan fingerprint density at radius 2 is 1.51 bits per heavy atom. The molecule has 0 amide bonds. The van der Waals surface area contributed by atoms with Gasteiger partial charge in [-0.25, -0.2) is 14.7 Å². The van der Waals surface area contributed by atoms with E-state index in [1.165, 1.54) is 7.11 Å².